The van der Waals surface area contributed by atoms with Crippen molar-refractivity contribution in [3.8, 4) is 0 Å². The first kappa shape index (κ1) is 9.55. The summed E-state index contributed by atoms with van der Waals surface area (Å²) in [6.45, 7) is 1.79. The fourth-order valence-electron chi connectivity index (χ4n) is 0.571. The van der Waals surface area contributed by atoms with E-state index in [0.717, 1.165) is 0 Å². The van der Waals surface area contributed by atoms with E-state index in [-0.39, 0.29) is 5.41 Å². The summed E-state index contributed by atoms with van der Waals surface area (Å²) < 4.78 is 9.66. The summed E-state index contributed by atoms with van der Waals surface area (Å²) in [5.74, 6) is 0. The molecule has 0 aliphatic heterocycles. The molecule has 0 bridgehead atoms. The molecule has 0 aliphatic carbocycles. The van der Waals surface area contributed by atoms with Gasteiger partial charge in [-0.05, 0) is 13.0 Å². The smallest absolute Gasteiger partial charge is 0.395 e. The number of hydrogen-bond donors (Lipinski definition) is 0. The molecule has 0 spiro atoms. The van der Waals surface area contributed by atoms with Crippen molar-refractivity contribution in [1.29, 1.82) is 0 Å². The number of rotatable bonds is 4. The summed E-state index contributed by atoms with van der Waals surface area (Å²) in [4.78, 5) is 10.9. The zero-order chi connectivity index (χ0) is 7.98. The van der Waals surface area contributed by atoms with Crippen LogP contribution in [0.2, 0.25) is 0 Å². The SMILES string of the molecule is CC=CC(=O)[SiH](OC)OC. The molecule has 0 aromatic rings. The van der Waals surface area contributed by atoms with E-state index < -0.39 is 9.28 Å². The second kappa shape index (κ2) is 5.34. The fourth-order valence-corrected chi connectivity index (χ4v) is 1.58. The molecule has 0 N–H and O–H groups in total. The van der Waals surface area contributed by atoms with Gasteiger partial charge in [0.05, 0.1) is 0 Å². The number of carbonyl (C=O) groups is 1. The third kappa shape index (κ3) is 2.91. The Balaban J connectivity index is 3.89. The Labute approximate surface area is 62.5 Å². The lowest BCUT2D eigenvalue weighted by Gasteiger charge is -2.05. The molecule has 0 unspecified atom stereocenters. The molecule has 0 atom stereocenters. The quantitative estimate of drug-likeness (QED) is 0.435. The first-order valence-corrected chi connectivity index (χ1v) is 4.50. The molecule has 10 heavy (non-hydrogen) atoms. The predicted molar refractivity (Wildman–Crippen MR) is 41.0 cm³/mol. The molecule has 0 aromatic heterocycles. The van der Waals surface area contributed by atoms with E-state index in [2.05, 4.69) is 0 Å². The van der Waals surface area contributed by atoms with Gasteiger partial charge in [-0.2, -0.15) is 0 Å². The minimum Gasteiger partial charge on any atom is -0.395 e. The molecule has 0 radical (unpaired) electrons. The minimum atomic E-state index is -2.03. The monoisotopic (exact) mass is 160 g/mol. The lowest BCUT2D eigenvalue weighted by atomic mass is 10.6. The maximum Gasteiger partial charge on any atom is 0.398 e. The van der Waals surface area contributed by atoms with E-state index >= 15 is 0 Å². The van der Waals surface area contributed by atoms with Gasteiger partial charge in [0.2, 0.25) is 0 Å². The van der Waals surface area contributed by atoms with Gasteiger partial charge in [0.15, 0.2) is 5.41 Å². The summed E-state index contributed by atoms with van der Waals surface area (Å²) in [7, 11) is 0.946. The number of carbonyl (C=O) groups excluding carboxylic acids is 1. The highest BCUT2D eigenvalue weighted by Gasteiger charge is 2.17. The van der Waals surface area contributed by atoms with Crippen LogP contribution in [0.15, 0.2) is 12.2 Å². The van der Waals surface area contributed by atoms with E-state index in [0.29, 0.717) is 0 Å². The van der Waals surface area contributed by atoms with Crippen molar-refractivity contribution in [3.63, 3.8) is 0 Å². The van der Waals surface area contributed by atoms with Gasteiger partial charge in [-0.1, -0.05) is 6.08 Å². The zero-order valence-corrected chi connectivity index (χ0v) is 7.61. The van der Waals surface area contributed by atoms with E-state index in [9.17, 15) is 4.79 Å². The number of allylic oxidation sites excluding steroid dienone is 2. The summed E-state index contributed by atoms with van der Waals surface area (Å²) >= 11 is 0. The van der Waals surface area contributed by atoms with Gasteiger partial charge in [-0.25, -0.2) is 0 Å². The highest BCUT2D eigenvalue weighted by Crippen LogP contribution is 1.88. The van der Waals surface area contributed by atoms with E-state index in [1.165, 1.54) is 20.3 Å². The van der Waals surface area contributed by atoms with Crippen molar-refractivity contribution in [3.05, 3.63) is 12.2 Å². The van der Waals surface area contributed by atoms with Gasteiger partial charge in [0, 0.05) is 14.2 Å². The van der Waals surface area contributed by atoms with Crippen LogP contribution in [-0.4, -0.2) is 28.9 Å². The predicted octanol–water partition coefficient (Wildman–Crippen LogP) is 0.184. The van der Waals surface area contributed by atoms with Crippen LogP contribution in [0.1, 0.15) is 6.92 Å². The molecule has 0 fully saturated rings. The van der Waals surface area contributed by atoms with Gasteiger partial charge < -0.3 is 8.85 Å². The molecular weight excluding hydrogens is 148 g/mol. The molecular formula is C6H12O3Si. The summed E-state index contributed by atoms with van der Waals surface area (Å²) in [6, 6.07) is 0. The van der Waals surface area contributed by atoms with Crippen molar-refractivity contribution in [2.24, 2.45) is 0 Å². The van der Waals surface area contributed by atoms with Crippen molar-refractivity contribution in [1.82, 2.24) is 0 Å². The summed E-state index contributed by atoms with van der Waals surface area (Å²) in [5, 5.41) is -0.0347. The highest BCUT2D eigenvalue weighted by molar-refractivity contribution is 6.82. The molecule has 0 heterocycles. The maximum absolute atomic E-state index is 10.9. The van der Waals surface area contributed by atoms with E-state index in [4.69, 9.17) is 8.85 Å². The largest absolute Gasteiger partial charge is 0.398 e. The average molecular weight is 160 g/mol. The third-order valence-corrected chi connectivity index (χ3v) is 2.50. The Bertz CT molecular complexity index is 129. The van der Waals surface area contributed by atoms with Crippen molar-refractivity contribution < 1.29 is 13.6 Å². The van der Waals surface area contributed by atoms with Gasteiger partial charge in [0.25, 0.3) is 0 Å². The molecule has 0 saturated heterocycles. The average Bonchev–Trinajstić information content (AvgIpc) is 1.91. The lowest BCUT2D eigenvalue weighted by Crippen LogP contribution is -2.29. The van der Waals surface area contributed by atoms with Crippen LogP contribution in [0.4, 0.5) is 0 Å². The van der Waals surface area contributed by atoms with Crippen LogP contribution in [0.5, 0.6) is 0 Å². The maximum atomic E-state index is 10.9. The Morgan fingerprint density at radius 1 is 1.40 bits per heavy atom. The van der Waals surface area contributed by atoms with Crippen molar-refractivity contribution >= 4 is 14.7 Å². The minimum absolute atomic E-state index is 0.0347. The zero-order valence-electron chi connectivity index (χ0n) is 6.46. The molecule has 58 valence electrons. The van der Waals surface area contributed by atoms with Gasteiger partial charge in [-0.15, -0.1) is 0 Å². The second-order valence-corrected chi connectivity index (χ2v) is 3.88. The van der Waals surface area contributed by atoms with Crippen molar-refractivity contribution in [2.45, 2.75) is 6.92 Å². The molecule has 0 aromatic carbocycles. The molecule has 0 rings (SSSR count). The second-order valence-electron chi connectivity index (χ2n) is 1.71. The normalized spacial score (nSPS) is 11.2. The van der Waals surface area contributed by atoms with Crippen LogP contribution in [-0.2, 0) is 13.6 Å². The van der Waals surface area contributed by atoms with Gasteiger partial charge in [0.1, 0.15) is 0 Å². The Kier molecular flexibility index (Phi) is 5.10. The third-order valence-electron chi connectivity index (χ3n) is 0.991. The molecule has 4 heteroatoms. The Morgan fingerprint density at radius 2 is 1.90 bits per heavy atom. The Hall–Kier alpha value is -0.453. The molecule has 0 aliphatic rings. The van der Waals surface area contributed by atoms with Crippen LogP contribution in [0, 0.1) is 0 Å². The molecule has 0 amide bonds. The van der Waals surface area contributed by atoms with E-state index in [1.54, 1.807) is 13.0 Å². The molecule has 3 nitrogen and oxygen atoms in total. The summed E-state index contributed by atoms with van der Waals surface area (Å²) in [6.07, 6.45) is 3.16. The van der Waals surface area contributed by atoms with Crippen LogP contribution < -0.4 is 0 Å². The Morgan fingerprint density at radius 3 is 2.20 bits per heavy atom. The van der Waals surface area contributed by atoms with E-state index in [1.807, 2.05) is 0 Å². The van der Waals surface area contributed by atoms with Gasteiger partial charge >= 0.3 is 9.28 Å². The highest BCUT2D eigenvalue weighted by atomic mass is 28.3. The molecule has 0 saturated carbocycles. The first-order chi connectivity index (χ1) is 4.76. The lowest BCUT2D eigenvalue weighted by molar-refractivity contribution is -0.110. The first-order valence-electron chi connectivity index (χ1n) is 2.98. The van der Waals surface area contributed by atoms with Crippen molar-refractivity contribution in [2.75, 3.05) is 14.2 Å². The fraction of sp³-hybridized carbons (Fsp3) is 0.500. The van der Waals surface area contributed by atoms with Crippen LogP contribution >= 0.6 is 0 Å². The topological polar surface area (TPSA) is 35.5 Å². The van der Waals surface area contributed by atoms with Gasteiger partial charge in [-0.3, -0.25) is 4.79 Å². The standard InChI is InChI=1S/C6H12O3Si/c1-4-5-6(7)10(8-2)9-3/h4-5,10H,1-3H3. The van der Waals surface area contributed by atoms with Crippen LogP contribution in [0.25, 0.3) is 0 Å². The van der Waals surface area contributed by atoms with Crippen LogP contribution in [0.3, 0.4) is 0 Å². The summed E-state index contributed by atoms with van der Waals surface area (Å²) in [5.41, 5.74) is 0. The number of hydrogen-bond acceptors (Lipinski definition) is 3.